The second-order valence-corrected chi connectivity index (χ2v) is 5.69. The van der Waals surface area contributed by atoms with Crippen molar-refractivity contribution in [3.63, 3.8) is 0 Å². The quantitative estimate of drug-likeness (QED) is 0.864. The number of carbonyl (C=O) groups is 1. The highest BCUT2D eigenvalue weighted by atomic mass is 35.5. The molecule has 1 aromatic rings. The molecule has 3 rings (SSSR count). The molecule has 2 saturated heterocycles. The van der Waals surface area contributed by atoms with E-state index in [0.29, 0.717) is 13.0 Å². The molecule has 0 spiro atoms. The average molecular weight is 362 g/mol. The van der Waals surface area contributed by atoms with Gasteiger partial charge in [-0.05, 0) is 31.0 Å². The Balaban J connectivity index is 0.00000132. The van der Waals surface area contributed by atoms with Crippen molar-refractivity contribution in [2.45, 2.75) is 25.4 Å². The topological polar surface area (TPSA) is 53.6 Å². The lowest BCUT2D eigenvalue weighted by Crippen LogP contribution is -2.40. The van der Waals surface area contributed by atoms with Gasteiger partial charge in [-0.1, -0.05) is 6.07 Å². The van der Waals surface area contributed by atoms with Gasteiger partial charge in [-0.15, -0.1) is 24.8 Å². The molecular formula is C16H25Cl2N3O2. The molecule has 130 valence electrons. The monoisotopic (exact) mass is 361 g/mol. The SMILES string of the molecule is Cl.Cl.O=C(CC1CNCCO1)Nc1cccc(N2CCCC2)c1. The molecule has 5 nitrogen and oxygen atoms in total. The molecule has 2 heterocycles. The highest BCUT2D eigenvalue weighted by Gasteiger charge is 2.18. The summed E-state index contributed by atoms with van der Waals surface area (Å²) in [5.74, 6) is 0.0160. The molecule has 23 heavy (non-hydrogen) atoms. The summed E-state index contributed by atoms with van der Waals surface area (Å²) in [5.41, 5.74) is 2.06. The van der Waals surface area contributed by atoms with Gasteiger partial charge in [0.15, 0.2) is 0 Å². The Morgan fingerprint density at radius 2 is 2.09 bits per heavy atom. The number of hydrogen-bond acceptors (Lipinski definition) is 4. The van der Waals surface area contributed by atoms with Gasteiger partial charge >= 0.3 is 0 Å². The van der Waals surface area contributed by atoms with Crippen LogP contribution in [0.2, 0.25) is 0 Å². The first kappa shape index (κ1) is 20.0. The predicted octanol–water partition coefficient (Wildman–Crippen LogP) is 2.45. The average Bonchev–Trinajstić information content (AvgIpc) is 3.02. The number of rotatable bonds is 4. The third kappa shape index (κ3) is 5.84. The first-order chi connectivity index (χ1) is 10.3. The smallest absolute Gasteiger partial charge is 0.227 e. The normalized spacial score (nSPS) is 20.3. The van der Waals surface area contributed by atoms with Gasteiger partial charge in [-0.2, -0.15) is 0 Å². The van der Waals surface area contributed by atoms with Gasteiger partial charge in [0.2, 0.25) is 5.91 Å². The van der Waals surface area contributed by atoms with Crippen molar-refractivity contribution in [2.75, 3.05) is 43.0 Å². The molecule has 2 aliphatic heterocycles. The largest absolute Gasteiger partial charge is 0.375 e. The summed E-state index contributed by atoms with van der Waals surface area (Å²) in [6.45, 7) is 4.53. The molecule has 1 unspecified atom stereocenters. The van der Waals surface area contributed by atoms with Gasteiger partial charge in [0, 0.05) is 37.6 Å². The summed E-state index contributed by atoms with van der Waals surface area (Å²) in [6.07, 6.45) is 2.90. The number of morpholine rings is 1. The van der Waals surface area contributed by atoms with Crippen LogP contribution in [-0.4, -0.2) is 44.8 Å². The van der Waals surface area contributed by atoms with Gasteiger partial charge in [-0.3, -0.25) is 4.79 Å². The van der Waals surface area contributed by atoms with Crippen molar-refractivity contribution in [1.82, 2.24) is 5.32 Å². The number of benzene rings is 1. The van der Waals surface area contributed by atoms with Crippen molar-refractivity contribution >= 4 is 42.1 Å². The van der Waals surface area contributed by atoms with Gasteiger partial charge < -0.3 is 20.3 Å². The molecule has 0 bridgehead atoms. The van der Waals surface area contributed by atoms with Gasteiger partial charge in [0.05, 0.1) is 19.1 Å². The molecule has 0 saturated carbocycles. The maximum absolute atomic E-state index is 12.1. The summed E-state index contributed by atoms with van der Waals surface area (Å²) in [6, 6.07) is 8.11. The predicted molar refractivity (Wildman–Crippen MR) is 98.2 cm³/mol. The number of halogens is 2. The summed E-state index contributed by atoms with van der Waals surface area (Å²) < 4.78 is 5.56. The summed E-state index contributed by atoms with van der Waals surface area (Å²) in [4.78, 5) is 14.4. The fraction of sp³-hybridized carbons (Fsp3) is 0.562. The van der Waals surface area contributed by atoms with Crippen LogP contribution in [0.25, 0.3) is 0 Å². The first-order valence-electron chi connectivity index (χ1n) is 7.78. The van der Waals surface area contributed by atoms with Crippen molar-refractivity contribution < 1.29 is 9.53 Å². The van der Waals surface area contributed by atoms with E-state index in [1.807, 2.05) is 12.1 Å². The number of amides is 1. The Morgan fingerprint density at radius 3 is 2.78 bits per heavy atom. The number of hydrogen-bond donors (Lipinski definition) is 2. The second-order valence-electron chi connectivity index (χ2n) is 5.69. The summed E-state index contributed by atoms with van der Waals surface area (Å²) in [7, 11) is 0. The van der Waals surface area contributed by atoms with Crippen LogP contribution in [0.5, 0.6) is 0 Å². The third-order valence-electron chi connectivity index (χ3n) is 4.02. The van der Waals surface area contributed by atoms with Crippen LogP contribution in [-0.2, 0) is 9.53 Å². The lowest BCUT2D eigenvalue weighted by molar-refractivity contribution is -0.119. The van der Waals surface area contributed by atoms with Crippen molar-refractivity contribution in [2.24, 2.45) is 0 Å². The molecule has 2 N–H and O–H groups in total. The van der Waals surface area contributed by atoms with Gasteiger partial charge in [-0.25, -0.2) is 0 Å². The zero-order valence-corrected chi connectivity index (χ0v) is 14.8. The number of carbonyl (C=O) groups excluding carboxylic acids is 1. The second kappa shape index (κ2) is 9.98. The van der Waals surface area contributed by atoms with E-state index < -0.39 is 0 Å². The van der Waals surface area contributed by atoms with Gasteiger partial charge in [0.25, 0.3) is 0 Å². The number of ether oxygens (including phenoxy) is 1. The van der Waals surface area contributed by atoms with Crippen LogP contribution in [0.3, 0.4) is 0 Å². The Morgan fingerprint density at radius 1 is 1.30 bits per heavy atom. The standard InChI is InChI=1S/C16H23N3O2.2ClH/c20-16(11-15-12-17-6-9-21-15)18-13-4-3-5-14(10-13)19-7-1-2-8-19;;/h3-5,10,15,17H,1-2,6-9,11-12H2,(H,18,20);2*1H. The zero-order chi connectivity index (χ0) is 14.5. The third-order valence-corrected chi connectivity index (χ3v) is 4.02. The van der Waals surface area contributed by atoms with E-state index in [1.165, 1.54) is 18.5 Å². The van der Waals surface area contributed by atoms with Crippen LogP contribution >= 0.6 is 24.8 Å². The van der Waals surface area contributed by atoms with Crippen molar-refractivity contribution in [3.8, 4) is 0 Å². The Bertz CT molecular complexity index is 490. The number of nitrogens with one attached hydrogen (secondary N) is 2. The van der Waals surface area contributed by atoms with Crippen LogP contribution in [0, 0.1) is 0 Å². The number of anilines is 2. The molecule has 0 aliphatic carbocycles. The fourth-order valence-electron chi connectivity index (χ4n) is 2.93. The first-order valence-corrected chi connectivity index (χ1v) is 7.78. The maximum atomic E-state index is 12.1. The zero-order valence-electron chi connectivity index (χ0n) is 13.1. The Kier molecular flexibility index (Phi) is 8.69. The molecule has 0 radical (unpaired) electrons. The van der Waals surface area contributed by atoms with Crippen LogP contribution < -0.4 is 15.5 Å². The Hall–Kier alpha value is -1.01. The van der Waals surface area contributed by atoms with Gasteiger partial charge in [0.1, 0.15) is 0 Å². The molecule has 1 atom stereocenters. The van der Waals surface area contributed by atoms with Crippen molar-refractivity contribution in [1.29, 1.82) is 0 Å². The van der Waals surface area contributed by atoms with E-state index in [0.717, 1.165) is 31.9 Å². The molecule has 0 aromatic heterocycles. The Labute approximate surface area is 150 Å². The van der Waals surface area contributed by atoms with E-state index in [9.17, 15) is 4.79 Å². The minimum Gasteiger partial charge on any atom is -0.375 e. The van der Waals surface area contributed by atoms with E-state index in [-0.39, 0.29) is 36.8 Å². The molecular weight excluding hydrogens is 337 g/mol. The van der Waals surface area contributed by atoms with Crippen LogP contribution in [0.15, 0.2) is 24.3 Å². The molecule has 1 aromatic carbocycles. The fourth-order valence-corrected chi connectivity index (χ4v) is 2.93. The lowest BCUT2D eigenvalue weighted by atomic mass is 10.2. The van der Waals surface area contributed by atoms with E-state index in [2.05, 4.69) is 27.7 Å². The molecule has 2 fully saturated rings. The maximum Gasteiger partial charge on any atom is 0.227 e. The lowest BCUT2D eigenvalue weighted by Gasteiger charge is -2.23. The van der Waals surface area contributed by atoms with E-state index in [4.69, 9.17) is 4.74 Å². The van der Waals surface area contributed by atoms with E-state index >= 15 is 0 Å². The highest BCUT2D eigenvalue weighted by molar-refractivity contribution is 5.91. The minimum atomic E-state index is -0.0134. The number of nitrogens with zero attached hydrogens (tertiary/aromatic N) is 1. The van der Waals surface area contributed by atoms with E-state index in [1.54, 1.807) is 0 Å². The molecule has 7 heteroatoms. The highest BCUT2D eigenvalue weighted by Crippen LogP contribution is 2.23. The molecule has 1 amide bonds. The van der Waals surface area contributed by atoms with Crippen molar-refractivity contribution in [3.05, 3.63) is 24.3 Å². The summed E-state index contributed by atoms with van der Waals surface area (Å²) >= 11 is 0. The minimum absolute atomic E-state index is 0. The summed E-state index contributed by atoms with van der Waals surface area (Å²) in [5, 5.41) is 6.22. The van der Waals surface area contributed by atoms with Crippen LogP contribution in [0.1, 0.15) is 19.3 Å². The van der Waals surface area contributed by atoms with Crippen LogP contribution in [0.4, 0.5) is 11.4 Å². The molecule has 2 aliphatic rings.